The van der Waals surface area contributed by atoms with Crippen molar-refractivity contribution >= 4 is 70.9 Å². The molecule has 5 heterocycles. The van der Waals surface area contributed by atoms with Crippen molar-refractivity contribution < 1.29 is 67.1 Å². The van der Waals surface area contributed by atoms with Crippen molar-refractivity contribution in [3.8, 4) is 5.75 Å². The number of carbonyl (C=O) groups is 12. The molecule has 5 aliphatic heterocycles. The van der Waals surface area contributed by atoms with Crippen LogP contribution in [0.25, 0.3) is 0 Å². The molecule has 0 radical (unpaired) electrons. The van der Waals surface area contributed by atoms with Gasteiger partial charge >= 0.3 is 5.91 Å². The van der Waals surface area contributed by atoms with Crippen molar-refractivity contribution in [2.75, 3.05) is 19.6 Å². The van der Waals surface area contributed by atoms with Gasteiger partial charge in [-0.05, 0) is 68.1 Å². The summed E-state index contributed by atoms with van der Waals surface area (Å²) in [7, 11) is 0. The Bertz CT molecular complexity index is 2390. The molecule has 13 N–H and O–H groups in total. The lowest BCUT2D eigenvalue weighted by Gasteiger charge is -2.33. The molecule has 5 saturated heterocycles. The fraction of sp³-hybridized carbons (Fsp3) is 0.625. The number of rotatable bonds is 18. The van der Waals surface area contributed by atoms with Gasteiger partial charge in [-0.2, -0.15) is 4.48 Å². The molecule has 3 bridgehead atoms. The zero-order chi connectivity index (χ0) is 53.7. The molecule has 6 fully saturated rings. The lowest BCUT2D eigenvalue weighted by Crippen LogP contribution is -2.64. The second-order valence-corrected chi connectivity index (χ2v) is 20.6. The quantitative estimate of drug-likeness (QED) is 0.0501. The highest BCUT2D eigenvalue weighted by molar-refractivity contribution is 6.00. The first kappa shape index (κ1) is 55.1. The maximum Gasteiger partial charge on any atom is 0.341 e. The molecule has 11 atom stereocenters. The highest BCUT2D eigenvalue weighted by Gasteiger charge is 2.97. The van der Waals surface area contributed by atoms with Crippen LogP contribution in [0, 0.1) is 23.7 Å². The number of hydrogen-bond donors (Lipinski definition) is 11. The number of amides is 12. The second-order valence-electron chi connectivity index (χ2n) is 20.6. The van der Waals surface area contributed by atoms with E-state index in [1.165, 1.54) is 29.2 Å². The van der Waals surface area contributed by atoms with Gasteiger partial charge in [0, 0.05) is 38.1 Å². The summed E-state index contributed by atoms with van der Waals surface area (Å²) in [6.45, 7) is 7.75. The molecule has 12 amide bonds. The Hall–Kier alpha value is -7.18. The molecule has 0 aromatic heterocycles. The van der Waals surface area contributed by atoms with Gasteiger partial charge in [-0.15, -0.1) is 0 Å². The summed E-state index contributed by atoms with van der Waals surface area (Å²) >= 11 is 0. The van der Waals surface area contributed by atoms with Crippen molar-refractivity contribution in [2.24, 2.45) is 35.1 Å². The lowest BCUT2D eigenvalue weighted by molar-refractivity contribution is -0.812. The van der Waals surface area contributed by atoms with Crippen molar-refractivity contribution in [3.05, 3.63) is 29.8 Å². The van der Waals surface area contributed by atoms with Crippen LogP contribution in [0.2, 0.25) is 0 Å². The number of benzene rings is 1. The summed E-state index contributed by atoms with van der Waals surface area (Å²) < 4.78 is -0.601. The van der Waals surface area contributed by atoms with E-state index in [1.807, 2.05) is 13.8 Å². The van der Waals surface area contributed by atoms with E-state index in [0.29, 0.717) is 24.8 Å². The number of fused-ring (bicyclic) bond motifs is 1. The summed E-state index contributed by atoms with van der Waals surface area (Å²) in [4.78, 5) is 163. The van der Waals surface area contributed by atoms with Crippen molar-refractivity contribution in [3.63, 3.8) is 0 Å². The summed E-state index contributed by atoms with van der Waals surface area (Å²) in [5, 5.41) is 31.0. The summed E-state index contributed by atoms with van der Waals surface area (Å²) in [5.41, 5.74) is 9.83. The van der Waals surface area contributed by atoms with Crippen LogP contribution < -0.4 is 54.0 Å². The van der Waals surface area contributed by atoms with Crippen LogP contribution in [0.4, 0.5) is 0 Å². The van der Waals surface area contributed by atoms with Gasteiger partial charge in [0.1, 0.15) is 29.4 Å². The Morgan fingerprint density at radius 3 is 2.14 bits per heavy atom. The van der Waals surface area contributed by atoms with E-state index in [1.54, 1.807) is 20.8 Å². The lowest BCUT2D eigenvalue weighted by atomic mass is 9.89. The van der Waals surface area contributed by atoms with E-state index < -0.39 is 155 Å². The fourth-order valence-corrected chi connectivity index (χ4v) is 10.3. The number of aromatic hydroxyl groups is 1. The highest BCUT2D eigenvalue weighted by Crippen LogP contribution is 2.64. The van der Waals surface area contributed by atoms with E-state index in [9.17, 15) is 62.6 Å². The first-order chi connectivity index (χ1) is 34.4. The van der Waals surface area contributed by atoms with Gasteiger partial charge in [0.25, 0.3) is 18.2 Å². The number of phenols is 1. The molecular formula is C48H69N12O13+. The number of carbonyl (C=O) groups excluding carboxylic acids is 12. The number of nitrogens with one attached hydrogen (secondary N) is 8. The van der Waals surface area contributed by atoms with E-state index in [0.717, 1.165) is 0 Å². The smallest absolute Gasteiger partial charge is 0.341 e. The minimum absolute atomic E-state index is 0.00823. The summed E-state index contributed by atoms with van der Waals surface area (Å²) in [5.74, 6) is -9.76. The molecular weight excluding hydrogens is 953 g/mol. The van der Waals surface area contributed by atoms with Gasteiger partial charge in [-0.1, -0.05) is 46.2 Å². The Morgan fingerprint density at radius 1 is 0.836 bits per heavy atom. The SMILES string of the molecule is CCC(C)C1NC(=O)C(Cc2ccc(O)cc2)NC(=O)CNC(=O)CCC(C(=O)NCCC2CC2C(=O)NC(C)(CC(C)C)C(=O)NCC(N)=O)[N+]23C(=O)C(CC(=O)N4C2C43)NC(=O)C(CCC(N)=O)NC1=O. The Morgan fingerprint density at radius 2 is 1.51 bits per heavy atom. The van der Waals surface area contributed by atoms with Gasteiger partial charge in [0.2, 0.25) is 59.1 Å². The molecule has 1 aromatic rings. The average molecular weight is 1020 g/mol. The van der Waals surface area contributed by atoms with Gasteiger partial charge in [0.15, 0.2) is 12.1 Å². The van der Waals surface area contributed by atoms with Crippen LogP contribution in [-0.4, -0.2) is 153 Å². The minimum Gasteiger partial charge on any atom is -0.508 e. The van der Waals surface area contributed by atoms with Crippen LogP contribution in [0.15, 0.2) is 24.3 Å². The maximum absolute atomic E-state index is 14.8. The second kappa shape index (κ2) is 22.7. The number of quaternary nitrogens is 1. The fourth-order valence-electron chi connectivity index (χ4n) is 10.3. The van der Waals surface area contributed by atoms with Crippen LogP contribution in [-0.2, 0) is 64.0 Å². The van der Waals surface area contributed by atoms with E-state index in [2.05, 4.69) is 42.5 Å². The van der Waals surface area contributed by atoms with E-state index in [-0.39, 0.29) is 62.1 Å². The van der Waals surface area contributed by atoms with Crippen molar-refractivity contribution in [1.82, 2.24) is 47.4 Å². The number of primary amides is 2. The first-order valence-electron chi connectivity index (χ1n) is 24.8. The predicted molar refractivity (Wildman–Crippen MR) is 255 cm³/mol. The van der Waals surface area contributed by atoms with Crippen molar-refractivity contribution in [2.45, 2.75) is 147 Å². The standard InChI is InChI=1S/C48H68N12O13/c1-6-24(4)38-43(71)55-29(11-13-33(49)62)40(68)56-31-19-37(66)59-44-45(59)60(44,46(31)72)32(12-14-35(64)52-22-36(65)54-30(41(69)57-38)17-25-7-9-27(61)10-8-25)42(70)51-16-15-26-18-28(26)39(67)58-48(5,20-23(2)3)47(73)53-21-34(50)63/h7-10,23-24,26,28-32,38,44-45H,6,11-22H2,1-5H3,(H12-,49,50,51,52,53,54,55,56,57,58,61,62,63,64,65,67,68,69,70,71,73)/p+1. The van der Waals surface area contributed by atoms with Gasteiger partial charge < -0.3 is 59.1 Å². The third kappa shape index (κ3) is 12.9. The molecule has 1 aliphatic carbocycles. The van der Waals surface area contributed by atoms with E-state index >= 15 is 0 Å². The monoisotopic (exact) mass is 1020 g/mol. The molecule has 398 valence electrons. The van der Waals surface area contributed by atoms with Gasteiger partial charge in [-0.3, -0.25) is 52.7 Å². The molecule has 1 saturated carbocycles. The maximum atomic E-state index is 14.8. The molecule has 25 heteroatoms. The zero-order valence-electron chi connectivity index (χ0n) is 41.7. The summed E-state index contributed by atoms with van der Waals surface area (Å²) in [6, 6.07) is -1.12. The van der Waals surface area contributed by atoms with Crippen LogP contribution in [0.1, 0.15) is 98.0 Å². The molecule has 25 nitrogen and oxygen atoms in total. The number of nitrogens with two attached hydrogens (primary N) is 2. The van der Waals surface area contributed by atoms with Crippen LogP contribution in [0.5, 0.6) is 5.75 Å². The molecule has 73 heavy (non-hydrogen) atoms. The normalized spacial score (nSPS) is 29.5. The topological polar surface area (TPSA) is 376 Å². The minimum atomic E-state index is -1.53. The summed E-state index contributed by atoms with van der Waals surface area (Å²) in [6.07, 6.45) is -2.14. The Balaban J connectivity index is 1.23. The zero-order valence-corrected chi connectivity index (χ0v) is 41.7. The van der Waals surface area contributed by atoms with Crippen LogP contribution >= 0.6 is 0 Å². The number of nitrogens with zero attached hydrogens (tertiary/aromatic N) is 2. The predicted octanol–water partition coefficient (Wildman–Crippen LogP) is -3.62. The Kier molecular flexibility index (Phi) is 17.2. The largest absolute Gasteiger partial charge is 0.508 e. The molecule has 1 spiro atoms. The molecule has 6 aliphatic rings. The van der Waals surface area contributed by atoms with Crippen LogP contribution in [0.3, 0.4) is 0 Å². The average Bonchev–Trinajstić information content (AvgIpc) is 4.26. The molecule has 11 unspecified atom stereocenters. The van der Waals surface area contributed by atoms with Crippen molar-refractivity contribution in [1.29, 1.82) is 0 Å². The van der Waals surface area contributed by atoms with E-state index in [4.69, 9.17) is 11.5 Å². The molecule has 1 aromatic carbocycles. The number of phenolic OH excluding ortho intramolecular Hbond substituents is 1. The first-order valence-corrected chi connectivity index (χ1v) is 24.8. The van der Waals surface area contributed by atoms with Gasteiger partial charge in [0.05, 0.1) is 19.5 Å². The third-order valence-electron chi connectivity index (χ3n) is 14.5. The van der Waals surface area contributed by atoms with Gasteiger partial charge in [-0.25, -0.2) is 9.69 Å². The highest BCUT2D eigenvalue weighted by atomic mass is 16.3. The Labute approximate surface area is 421 Å². The third-order valence-corrected chi connectivity index (χ3v) is 14.5. The molecule has 7 rings (SSSR count). The number of hydrogen-bond acceptors (Lipinski definition) is 13.